The minimum atomic E-state index is 0.753. The molecule has 0 aromatic carbocycles. The Labute approximate surface area is 81.1 Å². The van der Waals surface area contributed by atoms with E-state index >= 15 is 0 Å². The summed E-state index contributed by atoms with van der Waals surface area (Å²) < 4.78 is 5.30. The molecule has 12 heavy (non-hydrogen) atoms. The molecule has 0 radical (unpaired) electrons. The Kier molecular flexibility index (Phi) is 4.95. The second-order valence-corrected chi connectivity index (χ2v) is 3.17. The third kappa shape index (κ3) is 3.83. The van der Waals surface area contributed by atoms with E-state index in [2.05, 4.69) is 20.9 Å². The van der Waals surface area contributed by atoms with Gasteiger partial charge in [-0.2, -0.15) is 0 Å². The molecular weight excluding hydrogens is 218 g/mol. The van der Waals surface area contributed by atoms with Gasteiger partial charge in [0.25, 0.3) is 0 Å². The van der Waals surface area contributed by atoms with E-state index in [0.29, 0.717) is 0 Å². The maximum atomic E-state index is 5.30. The Morgan fingerprint density at radius 1 is 1.33 bits per heavy atom. The molecule has 2 nitrogen and oxygen atoms in total. The predicted molar refractivity (Wildman–Crippen MR) is 52.6 cm³/mol. The zero-order valence-electron chi connectivity index (χ0n) is 6.87. The molecule has 1 aromatic rings. The van der Waals surface area contributed by atoms with Crippen LogP contribution in [0.4, 0.5) is 0 Å². The van der Waals surface area contributed by atoms with Gasteiger partial charge in [-0.05, 0) is 12.1 Å². The van der Waals surface area contributed by atoms with Gasteiger partial charge in [0.15, 0.2) is 0 Å². The molecule has 0 aliphatic heterocycles. The summed E-state index contributed by atoms with van der Waals surface area (Å²) in [6.07, 6.45) is 2.70. The lowest BCUT2D eigenvalue weighted by atomic mass is 10.3. The highest BCUT2D eigenvalue weighted by atomic mass is 79.9. The summed E-state index contributed by atoms with van der Waals surface area (Å²) in [5.74, 6) is 0. The van der Waals surface area contributed by atoms with Crippen LogP contribution in [0, 0.1) is 0 Å². The molecule has 0 unspecified atom stereocenters. The Bertz CT molecular complexity index is 203. The van der Waals surface area contributed by atoms with E-state index < -0.39 is 0 Å². The van der Waals surface area contributed by atoms with E-state index in [-0.39, 0.29) is 0 Å². The van der Waals surface area contributed by atoms with Crippen molar-refractivity contribution in [2.45, 2.75) is 6.42 Å². The van der Waals surface area contributed by atoms with Crippen LogP contribution < -0.4 is 0 Å². The van der Waals surface area contributed by atoms with Crippen LogP contribution in [-0.4, -0.2) is 23.5 Å². The molecule has 1 rings (SSSR count). The predicted octanol–water partition coefficient (Wildman–Crippen LogP) is 2.04. The van der Waals surface area contributed by atoms with E-state index in [0.717, 1.165) is 30.7 Å². The molecule has 66 valence electrons. The van der Waals surface area contributed by atoms with Crippen molar-refractivity contribution in [2.75, 3.05) is 18.5 Å². The molecule has 0 aliphatic rings. The quantitative estimate of drug-likeness (QED) is 0.570. The number of pyridine rings is 1. The average molecular weight is 230 g/mol. The molecule has 0 N–H and O–H groups in total. The van der Waals surface area contributed by atoms with E-state index in [1.807, 2.05) is 18.2 Å². The third-order valence-corrected chi connectivity index (χ3v) is 1.77. The standard InChI is InChI=1S/C9H12BrNO/c10-5-8-12-7-4-9-3-1-2-6-11-9/h1-3,6H,4-5,7-8H2. The first-order valence-electron chi connectivity index (χ1n) is 3.97. The topological polar surface area (TPSA) is 22.1 Å². The molecule has 0 bridgehead atoms. The van der Waals surface area contributed by atoms with Crippen LogP contribution in [-0.2, 0) is 11.2 Å². The maximum Gasteiger partial charge on any atom is 0.0563 e. The Hall–Kier alpha value is -0.410. The largest absolute Gasteiger partial charge is 0.380 e. The summed E-state index contributed by atoms with van der Waals surface area (Å²) >= 11 is 3.30. The number of alkyl halides is 1. The first-order chi connectivity index (χ1) is 5.93. The van der Waals surface area contributed by atoms with Crippen LogP contribution in [0.25, 0.3) is 0 Å². The van der Waals surface area contributed by atoms with Gasteiger partial charge in [0, 0.05) is 23.6 Å². The summed E-state index contributed by atoms with van der Waals surface area (Å²) in [4.78, 5) is 4.18. The fraction of sp³-hybridized carbons (Fsp3) is 0.444. The van der Waals surface area contributed by atoms with Crippen molar-refractivity contribution in [1.29, 1.82) is 0 Å². The van der Waals surface area contributed by atoms with Crippen molar-refractivity contribution >= 4 is 15.9 Å². The van der Waals surface area contributed by atoms with Crippen LogP contribution >= 0.6 is 15.9 Å². The lowest BCUT2D eigenvalue weighted by Crippen LogP contribution is -2.01. The van der Waals surface area contributed by atoms with Gasteiger partial charge in [0.1, 0.15) is 0 Å². The van der Waals surface area contributed by atoms with Crippen molar-refractivity contribution < 1.29 is 4.74 Å². The van der Waals surface area contributed by atoms with Crippen LogP contribution in [0.2, 0.25) is 0 Å². The highest BCUT2D eigenvalue weighted by Gasteiger charge is 1.91. The first-order valence-corrected chi connectivity index (χ1v) is 5.09. The van der Waals surface area contributed by atoms with Gasteiger partial charge in [-0.15, -0.1) is 0 Å². The minimum Gasteiger partial charge on any atom is -0.380 e. The van der Waals surface area contributed by atoms with Crippen LogP contribution in [0.15, 0.2) is 24.4 Å². The maximum absolute atomic E-state index is 5.30. The molecule has 0 aliphatic carbocycles. The van der Waals surface area contributed by atoms with Gasteiger partial charge in [-0.3, -0.25) is 4.98 Å². The van der Waals surface area contributed by atoms with Gasteiger partial charge in [-0.1, -0.05) is 22.0 Å². The monoisotopic (exact) mass is 229 g/mol. The molecule has 0 saturated heterocycles. The van der Waals surface area contributed by atoms with Gasteiger partial charge in [0.05, 0.1) is 13.2 Å². The fourth-order valence-corrected chi connectivity index (χ4v) is 1.11. The number of ether oxygens (including phenoxy) is 1. The Morgan fingerprint density at radius 2 is 2.25 bits per heavy atom. The van der Waals surface area contributed by atoms with Gasteiger partial charge < -0.3 is 4.74 Å². The van der Waals surface area contributed by atoms with Gasteiger partial charge in [-0.25, -0.2) is 0 Å². The molecule has 0 amide bonds. The molecule has 0 saturated carbocycles. The third-order valence-electron chi connectivity index (χ3n) is 1.45. The number of nitrogens with zero attached hydrogens (tertiary/aromatic N) is 1. The summed E-state index contributed by atoms with van der Waals surface area (Å²) in [6, 6.07) is 5.92. The zero-order valence-corrected chi connectivity index (χ0v) is 8.46. The van der Waals surface area contributed by atoms with Crippen LogP contribution in [0.1, 0.15) is 5.69 Å². The summed E-state index contributed by atoms with van der Waals surface area (Å²) in [5, 5.41) is 0.898. The smallest absolute Gasteiger partial charge is 0.0563 e. The molecule has 3 heteroatoms. The molecule has 0 fully saturated rings. The number of halogens is 1. The number of hydrogen-bond donors (Lipinski definition) is 0. The van der Waals surface area contributed by atoms with E-state index in [4.69, 9.17) is 4.74 Å². The first kappa shape index (κ1) is 9.68. The van der Waals surface area contributed by atoms with Crippen molar-refractivity contribution in [3.8, 4) is 0 Å². The SMILES string of the molecule is BrCCOCCc1ccccn1. The number of rotatable bonds is 5. The second-order valence-electron chi connectivity index (χ2n) is 2.37. The molecule has 0 spiro atoms. The highest BCUT2D eigenvalue weighted by molar-refractivity contribution is 9.09. The number of aromatic nitrogens is 1. The normalized spacial score (nSPS) is 10.1. The van der Waals surface area contributed by atoms with E-state index in [1.165, 1.54) is 0 Å². The lowest BCUT2D eigenvalue weighted by Gasteiger charge is -2.00. The molecular formula is C9H12BrNO. The molecule has 1 heterocycles. The Morgan fingerprint density at radius 3 is 2.92 bits per heavy atom. The van der Waals surface area contributed by atoms with Crippen LogP contribution in [0.3, 0.4) is 0 Å². The average Bonchev–Trinajstić information content (AvgIpc) is 2.14. The summed E-state index contributed by atoms with van der Waals surface area (Å²) in [6.45, 7) is 1.52. The summed E-state index contributed by atoms with van der Waals surface area (Å²) in [7, 11) is 0. The molecule has 0 atom stereocenters. The lowest BCUT2D eigenvalue weighted by molar-refractivity contribution is 0.153. The minimum absolute atomic E-state index is 0.753. The number of hydrogen-bond acceptors (Lipinski definition) is 2. The van der Waals surface area contributed by atoms with Crippen molar-refractivity contribution in [2.24, 2.45) is 0 Å². The Balaban J connectivity index is 2.16. The second kappa shape index (κ2) is 6.14. The van der Waals surface area contributed by atoms with Crippen LogP contribution in [0.5, 0.6) is 0 Å². The fourth-order valence-electron chi connectivity index (χ4n) is 0.879. The summed E-state index contributed by atoms with van der Waals surface area (Å²) in [5.41, 5.74) is 1.09. The van der Waals surface area contributed by atoms with Crippen molar-refractivity contribution in [3.05, 3.63) is 30.1 Å². The van der Waals surface area contributed by atoms with Crippen molar-refractivity contribution in [3.63, 3.8) is 0 Å². The highest BCUT2D eigenvalue weighted by Crippen LogP contribution is 1.94. The van der Waals surface area contributed by atoms with Crippen molar-refractivity contribution in [1.82, 2.24) is 4.98 Å². The molecule has 1 aromatic heterocycles. The van der Waals surface area contributed by atoms with Gasteiger partial charge in [0.2, 0.25) is 0 Å². The van der Waals surface area contributed by atoms with Gasteiger partial charge >= 0.3 is 0 Å². The van der Waals surface area contributed by atoms with E-state index in [9.17, 15) is 0 Å². The zero-order chi connectivity index (χ0) is 8.65. The van der Waals surface area contributed by atoms with E-state index in [1.54, 1.807) is 6.20 Å².